The monoisotopic (exact) mass is 250 g/mol. The van der Waals surface area contributed by atoms with E-state index in [4.69, 9.17) is 9.47 Å². The average molecular weight is 250 g/mol. The molecule has 0 N–H and O–H groups in total. The number of esters is 1. The predicted octanol–water partition coefficient (Wildman–Crippen LogP) is 1.71. The first kappa shape index (κ1) is 12.9. The summed E-state index contributed by atoms with van der Waals surface area (Å²) in [5.74, 6) is 1.43. The summed E-state index contributed by atoms with van der Waals surface area (Å²) in [6, 6.07) is 3.78. The van der Waals surface area contributed by atoms with Crippen LogP contribution in [0.1, 0.15) is 26.7 Å². The van der Waals surface area contributed by atoms with Gasteiger partial charge < -0.3 is 9.47 Å². The van der Waals surface area contributed by atoms with Crippen molar-refractivity contribution < 1.29 is 18.8 Å². The fourth-order valence-corrected chi connectivity index (χ4v) is 2.10. The first-order valence-corrected chi connectivity index (χ1v) is 6.48. The molecule has 1 aromatic heterocycles. The highest BCUT2D eigenvalue weighted by Crippen LogP contribution is 2.30. The number of hydrogen-bond acceptors (Lipinski definition) is 3. The number of aromatic nitrogens is 1. The van der Waals surface area contributed by atoms with Gasteiger partial charge in [0.1, 0.15) is 5.75 Å². The zero-order chi connectivity index (χ0) is 13.0. The van der Waals surface area contributed by atoms with Crippen LogP contribution >= 0.6 is 0 Å². The van der Waals surface area contributed by atoms with Crippen LogP contribution in [0.2, 0.25) is 0 Å². The summed E-state index contributed by atoms with van der Waals surface area (Å²) < 4.78 is 12.5. The van der Waals surface area contributed by atoms with Gasteiger partial charge >= 0.3 is 5.97 Å². The topological polar surface area (TPSA) is 39.4 Å². The Bertz CT molecular complexity index is 396. The second kappa shape index (κ2) is 5.85. The maximum absolute atomic E-state index is 11.3. The molecule has 4 heteroatoms. The molecule has 1 aliphatic rings. The minimum atomic E-state index is -0.219. The third kappa shape index (κ3) is 3.45. The summed E-state index contributed by atoms with van der Waals surface area (Å²) in [4.78, 5) is 11.3. The zero-order valence-corrected chi connectivity index (χ0v) is 11.0. The van der Waals surface area contributed by atoms with E-state index < -0.39 is 0 Å². The van der Waals surface area contributed by atoms with Gasteiger partial charge in [0.2, 0.25) is 6.54 Å². The van der Waals surface area contributed by atoms with E-state index in [1.165, 1.54) is 0 Å². The summed E-state index contributed by atoms with van der Waals surface area (Å²) in [6.45, 7) is 4.70. The highest BCUT2D eigenvalue weighted by Gasteiger charge is 2.27. The molecule has 2 rings (SSSR count). The molecule has 0 radical (unpaired) electrons. The van der Waals surface area contributed by atoms with Crippen molar-refractivity contribution in [1.29, 1.82) is 0 Å². The number of ether oxygens (including phenoxy) is 2. The van der Waals surface area contributed by atoms with Gasteiger partial charge in [-0.25, -0.2) is 4.79 Å². The molecular weight excluding hydrogens is 230 g/mol. The van der Waals surface area contributed by atoms with Crippen LogP contribution in [0, 0.1) is 5.92 Å². The van der Waals surface area contributed by atoms with Crippen molar-refractivity contribution >= 4 is 5.97 Å². The van der Waals surface area contributed by atoms with Gasteiger partial charge in [-0.15, -0.1) is 0 Å². The van der Waals surface area contributed by atoms with Crippen molar-refractivity contribution in [1.82, 2.24) is 0 Å². The molecule has 1 aromatic rings. The molecule has 1 heterocycles. The summed E-state index contributed by atoms with van der Waals surface area (Å²) in [7, 11) is 0. The minimum Gasteiger partial charge on any atom is -0.490 e. The largest absolute Gasteiger partial charge is 0.490 e. The van der Waals surface area contributed by atoms with Crippen LogP contribution in [0.5, 0.6) is 5.75 Å². The smallest absolute Gasteiger partial charge is 0.372 e. The number of rotatable bonds is 5. The Labute approximate surface area is 108 Å². The summed E-state index contributed by atoms with van der Waals surface area (Å²) in [5.41, 5.74) is 0. The van der Waals surface area contributed by atoms with E-state index in [0.717, 1.165) is 24.5 Å². The van der Waals surface area contributed by atoms with Gasteiger partial charge in [0.25, 0.3) is 0 Å². The van der Waals surface area contributed by atoms with Crippen LogP contribution in [0.25, 0.3) is 0 Å². The Morgan fingerprint density at radius 2 is 2.06 bits per heavy atom. The second-order valence-electron chi connectivity index (χ2n) is 4.83. The van der Waals surface area contributed by atoms with Crippen molar-refractivity contribution in [3.63, 3.8) is 0 Å². The lowest BCUT2D eigenvalue weighted by Gasteiger charge is -2.32. The fraction of sp³-hybridized carbons (Fsp3) is 0.571. The van der Waals surface area contributed by atoms with Gasteiger partial charge in [-0.2, -0.15) is 4.57 Å². The number of hydrogen-bond donors (Lipinski definition) is 0. The van der Waals surface area contributed by atoms with E-state index in [1.807, 2.05) is 24.5 Å². The molecule has 0 atom stereocenters. The minimum absolute atomic E-state index is 0.219. The molecule has 0 saturated heterocycles. The molecule has 98 valence electrons. The maximum atomic E-state index is 11.3. The normalized spacial score (nSPS) is 22.1. The lowest BCUT2D eigenvalue weighted by molar-refractivity contribution is -0.686. The standard InChI is InChI=1S/C14H20NO3/c1-3-17-14(16)10-15-6-4-12(5-7-15)18-13-8-11(2)9-13/h4-7,11,13H,3,8-10H2,1-2H3/q+1/t11-,13-. The lowest BCUT2D eigenvalue weighted by atomic mass is 9.84. The van der Waals surface area contributed by atoms with Crippen molar-refractivity contribution in [2.24, 2.45) is 5.92 Å². The van der Waals surface area contributed by atoms with Crippen LogP contribution in [0.4, 0.5) is 0 Å². The Morgan fingerprint density at radius 3 is 2.61 bits per heavy atom. The second-order valence-corrected chi connectivity index (χ2v) is 4.83. The third-order valence-corrected chi connectivity index (χ3v) is 3.11. The quantitative estimate of drug-likeness (QED) is 0.590. The Hall–Kier alpha value is -1.58. The molecule has 0 bridgehead atoms. The van der Waals surface area contributed by atoms with Crippen molar-refractivity contribution in [2.75, 3.05) is 6.61 Å². The van der Waals surface area contributed by atoms with Crippen LogP contribution in [-0.2, 0) is 16.1 Å². The Morgan fingerprint density at radius 1 is 1.39 bits per heavy atom. The number of pyridine rings is 1. The van der Waals surface area contributed by atoms with Crippen molar-refractivity contribution in [3.05, 3.63) is 24.5 Å². The lowest BCUT2D eigenvalue weighted by Crippen LogP contribution is -2.38. The van der Waals surface area contributed by atoms with Gasteiger partial charge in [-0.05, 0) is 25.7 Å². The van der Waals surface area contributed by atoms with Crippen LogP contribution in [-0.4, -0.2) is 18.7 Å². The van der Waals surface area contributed by atoms with Gasteiger partial charge in [-0.1, -0.05) is 6.92 Å². The summed E-state index contributed by atoms with van der Waals surface area (Å²) in [5, 5.41) is 0. The molecule has 18 heavy (non-hydrogen) atoms. The van der Waals surface area contributed by atoms with Gasteiger partial charge in [0.05, 0.1) is 12.7 Å². The molecule has 1 aliphatic carbocycles. The SMILES string of the molecule is CCOC(=O)C[n+]1ccc(O[C@H]2C[C@H](C)C2)cc1. The van der Waals surface area contributed by atoms with E-state index in [0.29, 0.717) is 12.7 Å². The molecule has 1 saturated carbocycles. The molecule has 0 aromatic carbocycles. The predicted molar refractivity (Wildman–Crippen MR) is 66.1 cm³/mol. The molecule has 0 aliphatic heterocycles. The summed E-state index contributed by atoms with van der Waals surface area (Å²) >= 11 is 0. The Kier molecular flexibility index (Phi) is 4.18. The van der Waals surface area contributed by atoms with E-state index >= 15 is 0 Å². The highest BCUT2D eigenvalue weighted by atomic mass is 16.5. The average Bonchev–Trinajstić information content (AvgIpc) is 2.30. The molecule has 0 spiro atoms. The van der Waals surface area contributed by atoms with Crippen molar-refractivity contribution in [2.45, 2.75) is 39.3 Å². The number of nitrogens with zero attached hydrogens (tertiary/aromatic N) is 1. The number of carbonyl (C=O) groups excluding carboxylic acids is 1. The molecule has 1 fully saturated rings. The van der Waals surface area contributed by atoms with Crippen LogP contribution in [0.15, 0.2) is 24.5 Å². The van der Waals surface area contributed by atoms with Crippen molar-refractivity contribution in [3.8, 4) is 5.75 Å². The van der Waals surface area contributed by atoms with Crippen LogP contribution in [0.3, 0.4) is 0 Å². The first-order valence-electron chi connectivity index (χ1n) is 6.48. The highest BCUT2D eigenvalue weighted by molar-refractivity contribution is 5.67. The maximum Gasteiger partial charge on any atom is 0.372 e. The molecule has 0 amide bonds. The van der Waals surface area contributed by atoms with E-state index in [9.17, 15) is 4.79 Å². The van der Waals surface area contributed by atoms with E-state index in [1.54, 1.807) is 11.5 Å². The third-order valence-electron chi connectivity index (χ3n) is 3.11. The first-order chi connectivity index (χ1) is 8.67. The van der Waals surface area contributed by atoms with Gasteiger partial charge in [0, 0.05) is 12.1 Å². The molecule has 4 nitrogen and oxygen atoms in total. The van der Waals surface area contributed by atoms with E-state index in [2.05, 4.69) is 6.92 Å². The van der Waals surface area contributed by atoms with Gasteiger partial charge in [-0.3, -0.25) is 0 Å². The van der Waals surface area contributed by atoms with E-state index in [-0.39, 0.29) is 12.5 Å². The number of carbonyl (C=O) groups is 1. The fourth-order valence-electron chi connectivity index (χ4n) is 2.10. The van der Waals surface area contributed by atoms with Gasteiger partial charge in [0.15, 0.2) is 12.4 Å². The zero-order valence-electron chi connectivity index (χ0n) is 11.0. The molecular formula is C14H20NO3+. The Balaban J connectivity index is 1.83. The van der Waals surface area contributed by atoms with Crippen LogP contribution < -0.4 is 9.30 Å². The molecule has 0 unspecified atom stereocenters. The summed E-state index contributed by atoms with van der Waals surface area (Å²) in [6.07, 6.45) is 6.32.